The summed E-state index contributed by atoms with van der Waals surface area (Å²) in [5.41, 5.74) is 10.3. The zero-order valence-corrected chi connectivity index (χ0v) is 43.8. The molecule has 2 heterocycles. The van der Waals surface area contributed by atoms with E-state index < -0.39 is 186 Å². The number of carboxylic acid groups (broad SMARTS) is 3. The van der Waals surface area contributed by atoms with E-state index in [1.165, 1.54) is 30.9 Å². The third kappa shape index (κ3) is 20.3. The van der Waals surface area contributed by atoms with Crippen LogP contribution in [0.1, 0.15) is 104 Å². The van der Waals surface area contributed by atoms with E-state index in [1.807, 2.05) is 0 Å². The lowest BCUT2D eigenvalue weighted by Crippen LogP contribution is -2.60. The smallest absolute Gasteiger partial charge is 0.317 e. The quantitative estimate of drug-likeness (QED) is 0.0267. The van der Waals surface area contributed by atoms with E-state index >= 15 is 0 Å². The molecule has 0 bridgehead atoms. The number of likely N-dealkylation sites (tertiary alicyclic amines) is 1. The molecular weight excluding hydrogens is 1050 g/mol. The average molecular weight is 1120 g/mol. The highest BCUT2D eigenvalue weighted by molar-refractivity contribution is 6.00. The van der Waals surface area contributed by atoms with Crippen molar-refractivity contribution >= 4 is 88.6 Å². The number of nitro groups is 1. The SMILES string of the molecule is CC(=O)N1CCC[C@H]1C(=O)N[C@H](C(=O)N[C@H]1CCCCC[C@@H](C(=O)N[C@@H](Cc2ccc([N+](=O)[O-])cc2)C(=O)N[C@@H](CC(C(=O)O)C(=O)O)C(=O)N[C@@H](CCC(N)=O)C(N)=O)NC(=O)[C@H](CC(=O)O)NC(=O)[C@H](C)NC1=O)C(C)C. The summed E-state index contributed by atoms with van der Waals surface area (Å²) in [7, 11) is 0. The molecule has 434 valence electrons. The lowest BCUT2D eigenvalue weighted by Gasteiger charge is -2.29. The highest BCUT2D eigenvalue weighted by Gasteiger charge is 2.39. The Morgan fingerprint density at radius 1 is 0.734 bits per heavy atom. The molecule has 31 nitrogen and oxygen atoms in total. The van der Waals surface area contributed by atoms with E-state index in [1.54, 1.807) is 13.8 Å². The standard InChI is InChI=1S/C48H68N12O19/c1-22(2)37(58-45(72)34-11-8-18-59(34)24(4)61)46(73)54-29-9-6-5-7-10-30(53-44(71)33(21-36(63)64)55-39(66)23(3)51-40(29)67)41(68)56-31(19-25-12-14-26(15-13-25)60(78)79)42(69)57-32(20-27(47(74)75)48(76)77)43(70)52-28(38(50)65)16-17-35(49)62/h12-15,22-23,27-34,37H,5-11,16-21H2,1-4H3,(H2,49,62)(H2,50,65)(H,51,67)(H,52,70)(H,53,71)(H,54,73)(H,55,66)(H,56,68)(H,57,69)(H,58,72)(H,63,64)(H,74,75)(H,76,77)/t23-,28-,29-,30-,31-,32-,33-,34-,37-/m0/s1. The minimum atomic E-state index is -2.38. The second kappa shape index (κ2) is 30.2. The summed E-state index contributed by atoms with van der Waals surface area (Å²) in [6.07, 6.45) is -2.99. The first-order chi connectivity index (χ1) is 37.0. The van der Waals surface area contributed by atoms with Crippen LogP contribution in [0.2, 0.25) is 0 Å². The van der Waals surface area contributed by atoms with Crippen molar-refractivity contribution in [3.8, 4) is 0 Å². The molecule has 31 heteroatoms. The van der Waals surface area contributed by atoms with Crippen molar-refractivity contribution in [3.63, 3.8) is 0 Å². The summed E-state index contributed by atoms with van der Waals surface area (Å²) >= 11 is 0. The molecule has 79 heavy (non-hydrogen) atoms. The fraction of sp³-hybridized carbons (Fsp3) is 0.583. The first kappa shape index (κ1) is 64.5. The van der Waals surface area contributed by atoms with E-state index in [0.717, 1.165) is 12.1 Å². The average Bonchev–Trinajstić information content (AvgIpc) is 3.90. The van der Waals surface area contributed by atoms with Crippen molar-refractivity contribution in [2.75, 3.05) is 6.54 Å². The van der Waals surface area contributed by atoms with Gasteiger partial charge >= 0.3 is 17.9 Å². The maximum atomic E-state index is 14.4. The maximum Gasteiger partial charge on any atom is 0.317 e. The van der Waals surface area contributed by atoms with Gasteiger partial charge in [-0.05, 0) is 50.5 Å². The largest absolute Gasteiger partial charge is 0.481 e. The number of non-ortho nitro benzene ring substituents is 1. The van der Waals surface area contributed by atoms with Crippen molar-refractivity contribution in [2.45, 2.75) is 159 Å². The van der Waals surface area contributed by atoms with Crippen molar-refractivity contribution in [1.29, 1.82) is 0 Å². The van der Waals surface area contributed by atoms with Gasteiger partial charge in [-0.25, -0.2) is 0 Å². The topological polar surface area (TPSA) is 494 Å². The number of aliphatic carboxylic acids is 3. The number of nitrogens with zero attached hydrogens (tertiary/aromatic N) is 2. The van der Waals surface area contributed by atoms with Gasteiger partial charge in [0.1, 0.15) is 54.4 Å². The summed E-state index contributed by atoms with van der Waals surface area (Å²) in [4.78, 5) is 195. The van der Waals surface area contributed by atoms with Crippen molar-refractivity contribution in [1.82, 2.24) is 47.4 Å². The van der Waals surface area contributed by atoms with Crippen molar-refractivity contribution in [2.24, 2.45) is 23.3 Å². The predicted octanol–water partition coefficient (Wildman–Crippen LogP) is -3.93. The van der Waals surface area contributed by atoms with Gasteiger partial charge in [0, 0.05) is 44.9 Å². The number of hydrogen-bond acceptors (Lipinski definition) is 16. The Morgan fingerprint density at radius 3 is 1.90 bits per heavy atom. The number of carbonyl (C=O) groups is 14. The molecule has 0 radical (unpaired) electrons. The third-order valence-corrected chi connectivity index (χ3v) is 13.0. The van der Waals surface area contributed by atoms with Crippen molar-refractivity contribution < 1.29 is 87.4 Å². The predicted molar refractivity (Wildman–Crippen MR) is 270 cm³/mol. The maximum absolute atomic E-state index is 14.4. The minimum Gasteiger partial charge on any atom is -0.481 e. The molecule has 0 aromatic heterocycles. The number of nitro benzene ring substituents is 1. The van der Waals surface area contributed by atoms with Gasteiger partial charge in [-0.3, -0.25) is 77.2 Å². The number of benzene rings is 1. The number of carbonyl (C=O) groups excluding carboxylic acids is 11. The lowest BCUT2D eigenvalue weighted by molar-refractivity contribution is -0.384. The van der Waals surface area contributed by atoms with Gasteiger partial charge in [0.05, 0.1) is 11.3 Å². The molecule has 3 rings (SSSR count). The Morgan fingerprint density at radius 2 is 1.34 bits per heavy atom. The fourth-order valence-electron chi connectivity index (χ4n) is 8.57. The zero-order valence-electron chi connectivity index (χ0n) is 43.8. The number of rotatable bonds is 24. The molecule has 1 aromatic rings. The van der Waals surface area contributed by atoms with Crippen molar-refractivity contribution in [3.05, 3.63) is 39.9 Å². The molecule has 11 amide bonds. The molecule has 2 aliphatic rings. The summed E-state index contributed by atoms with van der Waals surface area (Å²) in [5.74, 6) is -19.3. The Balaban J connectivity index is 2.03. The Bertz CT molecular complexity index is 2490. The first-order valence-electron chi connectivity index (χ1n) is 25.2. The number of nitrogens with two attached hydrogens (primary N) is 2. The van der Waals surface area contributed by atoms with Gasteiger partial charge in [-0.1, -0.05) is 45.2 Å². The number of carboxylic acids is 3. The minimum absolute atomic E-state index is 0.0235. The van der Waals surface area contributed by atoms with Crippen LogP contribution in [0.25, 0.3) is 0 Å². The van der Waals surface area contributed by atoms with Crippen LogP contribution in [0.3, 0.4) is 0 Å². The zero-order chi connectivity index (χ0) is 59.4. The van der Waals surface area contributed by atoms with Gasteiger partial charge in [0.25, 0.3) is 5.69 Å². The number of hydrogen-bond donors (Lipinski definition) is 13. The molecule has 2 fully saturated rings. The van der Waals surface area contributed by atoms with Gasteiger partial charge in [0.2, 0.25) is 65.0 Å². The van der Waals surface area contributed by atoms with Crippen LogP contribution < -0.4 is 54.0 Å². The molecule has 2 aliphatic heterocycles. The van der Waals surface area contributed by atoms with Crippen LogP contribution in [0.5, 0.6) is 0 Å². The van der Waals surface area contributed by atoms with Crippen LogP contribution in [0.4, 0.5) is 5.69 Å². The highest BCUT2D eigenvalue weighted by Crippen LogP contribution is 2.20. The molecule has 9 atom stereocenters. The molecule has 0 unspecified atom stereocenters. The van der Waals surface area contributed by atoms with E-state index in [0.29, 0.717) is 19.4 Å². The number of primary amides is 2. The van der Waals surface area contributed by atoms with Crippen LogP contribution in [0.15, 0.2) is 24.3 Å². The molecule has 0 spiro atoms. The summed E-state index contributed by atoms with van der Waals surface area (Å²) in [5, 5.41) is 59.6. The normalized spacial score (nSPS) is 20.7. The van der Waals surface area contributed by atoms with Crippen LogP contribution in [0, 0.1) is 22.0 Å². The van der Waals surface area contributed by atoms with Gasteiger partial charge in [0.15, 0.2) is 5.92 Å². The van der Waals surface area contributed by atoms with Gasteiger partial charge < -0.3 is 74.2 Å². The van der Waals surface area contributed by atoms with Crippen LogP contribution >= 0.6 is 0 Å². The van der Waals surface area contributed by atoms with Crippen LogP contribution in [-0.2, 0) is 73.5 Å². The number of amides is 11. The highest BCUT2D eigenvalue weighted by atomic mass is 16.6. The van der Waals surface area contributed by atoms with Gasteiger partial charge in [-0.2, -0.15) is 0 Å². The molecule has 2 saturated heterocycles. The third-order valence-electron chi connectivity index (χ3n) is 13.0. The van der Waals surface area contributed by atoms with E-state index in [-0.39, 0.29) is 43.6 Å². The molecule has 0 aliphatic carbocycles. The van der Waals surface area contributed by atoms with E-state index in [2.05, 4.69) is 42.5 Å². The van der Waals surface area contributed by atoms with Crippen LogP contribution in [-0.4, -0.2) is 169 Å². The molecular formula is C48H68N12O19. The Hall–Kier alpha value is -8.80. The summed E-state index contributed by atoms with van der Waals surface area (Å²) < 4.78 is 0. The summed E-state index contributed by atoms with van der Waals surface area (Å²) in [6, 6.07) is -9.70. The number of nitrogens with one attached hydrogen (secondary N) is 8. The lowest BCUT2D eigenvalue weighted by atomic mass is 9.97. The molecule has 0 saturated carbocycles. The summed E-state index contributed by atoms with van der Waals surface area (Å²) in [6.45, 7) is 6.13. The molecule has 1 aromatic carbocycles. The fourth-order valence-corrected chi connectivity index (χ4v) is 8.57. The first-order valence-corrected chi connectivity index (χ1v) is 25.2. The Labute approximate surface area is 451 Å². The second-order valence-electron chi connectivity index (χ2n) is 19.4. The van der Waals surface area contributed by atoms with E-state index in [9.17, 15) is 92.6 Å². The molecule has 15 N–H and O–H groups in total. The van der Waals surface area contributed by atoms with E-state index in [4.69, 9.17) is 11.5 Å². The Kier molecular flexibility index (Phi) is 24.7. The second-order valence-corrected chi connectivity index (χ2v) is 19.4. The van der Waals surface area contributed by atoms with Gasteiger partial charge in [-0.15, -0.1) is 0 Å². The monoisotopic (exact) mass is 1120 g/mol.